The maximum absolute atomic E-state index is 11.2. The fourth-order valence-electron chi connectivity index (χ4n) is 1.92. The number of anilines is 2. The van der Waals surface area contributed by atoms with Crippen molar-refractivity contribution in [2.24, 2.45) is 0 Å². The highest BCUT2D eigenvalue weighted by Crippen LogP contribution is 2.48. The molecule has 0 radical (unpaired) electrons. The Hall–Kier alpha value is -0.100. The van der Waals surface area contributed by atoms with Gasteiger partial charge in [0.05, 0.1) is 10.0 Å². The number of hydrogen-bond acceptors (Lipinski definition) is 7. The van der Waals surface area contributed by atoms with Crippen LogP contribution in [0.25, 0.3) is 0 Å². The summed E-state index contributed by atoms with van der Waals surface area (Å²) in [6, 6.07) is 2.30. The minimum absolute atomic E-state index is 0.0851. The number of thiophene rings is 1. The summed E-state index contributed by atoms with van der Waals surface area (Å²) in [6.07, 6.45) is -4.19. The van der Waals surface area contributed by atoms with Gasteiger partial charge in [-0.2, -0.15) is 0 Å². The molecule has 0 aliphatic rings. The highest BCUT2D eigenvalue weighted by molar-refractivity contribution is 7.53. The maximum atomic E-state index is 11.2. The summed E-state index contributed by atoms with van der Waals surface area (Å²) in [5.74, 6) is 0. The predicted molar refractivity (Wildman–Crippen MR) is 96.9 cm³/mol. The minimum Gasteiger partial charge on any atom is -0.339 e. The van der Waals surface area contributed by atoms with Gasteiger partial charge in [-0.05, 0) is 12.1 Å². The van der Waals surface area contributed by atoms with Crippen molar-refractivity contribution >= 4 is 51.7 Å². The Labute approximate surface area is 156 Å². The van der Waals surface area contributed by atoms with Crippen LogP contribution in [0, 0.1) is 0 Å². The van der Waals surface area contributed by atoms with Crippen molar-refractivity contribution in [1.29, 1.82) is 0 Å². The second kappa shape index (κ2) is 8.73. The van der Waals surface area contributed by atoms with Gasteiger partial charge in [0.2, 0.25) is 0 Å². The van der Waals surface area contributed by atoms with Crippen LogP contribution in [0.1, 0.15) is 0 Å². The average molecular weight is 490 g/mol. The van der Waals surface area contributed by atoms with Crippen LogP contribution in [0.2, 0.25) is 0 Å². The first-order valence-electron chi connectivity index (χ1n) is 6.63. The van der Waals surface area contributed by atoms with Gasteiger partial charge in [-0.3, -0.25) is 18.3 Å². The van der Waals surface area contributed by atoms with Crippen LogP contribution in [0.3, 0.4) is 0 Å². The minimum atomic E-state index is -4.73. The molecule has 1 aromatic rings. The lowest BCUT2D eigenvalue weighted by Crippen LogP contribution is -2.25. The molecule has 0 bridgehead atoms. The predicted octanol–water partition coefficient (Wildman–Crippen LogP) is -0.0983. The fraction of sp³-hybridized carbons (Fsp3) is 0.500. The summed E-state index contributed by atoms with van der Waals surface area (Å²) in [6.45, 7) is 0. The average Bonchev–Trinajstić information content (AvgIpc) is 2.79. The molecule has 19 heteroatoms. The van der Waals surface area contributed by atoms with E-state index < -0.39 is 55.5 Å². The molecule has 0 saturated carbocycles. The highest BCUT2D eigenvalue weighted by atomic mass is 32.1. The van der Waals surface area contributed by atoms with E-state index in [0.717, 1.165) is 12.1 Å². The maximum Gasteiger partial charge on any atom is 0.344 e. The zero-order valence-electron chi connectivity index (χ0n) is 13.3. The summed E-state index contributed by atoms with van der Waals surface area (Å²) in [5.41, 5.74) is 0. The second-order valence-corrected chi connectivity index (χ2v) is 12.9. The lowest BCUT2D eigenvalue weighted by molar-refractivity contribution is 0.362. The van der Waals surface area contributed by atoms with E-state index in [4.69, 9.17) is 39.1 Å². The Bertz CT molecular complexity index is 720. The Morgan fingerprint density at radius 1 is 0.593 bits per heavy atom. The van der Waals surface area contributed by atoms with Crippen LogP contribution < -0.4 is 9.80 Å². The first-order valence-corrected chi connectivity index (χ1v) is 14.6. The van der Waals surface area contributed by atoms with E-state index in [-0.39, 0.29) is 10.0 Å². The Morgan fingerprint density at radius 3 is 1.00 bits per heavy atom. The molecular weight excluding hydrogens is 472 g/mol. The molecule has 0 atom stereocenters. The van der Waals surface area contributed by atoms with Gasteiger partial charge in [0, 0.05) is 0 Å². The van der Waals surface area contributed by atoms with Gasteiger partial charge < -0.3 is 48.9 Å². The molecule has 0 aliphatic heterocycles. The van der Waals surface area contributed by atoms with Crippen LogP contribution in [-0.2, 0) is 18.3 Å². The zero-order valence-corrected chi connectivity index (χ0v) is 17.7. The van der Waals surface area contributed by atoms with Crippen molar-refractivity contribution in [3.05, 3.63) is 12.1 Å². The zero-order chi connectivity index (χ0) is 21.3. The van der Waals surface area contributed by atoms with Gasteiger partial charge in [-0.15, -0.1) is 11.3 Å². The SMILES string of the molecule is O=P(O)(O)CN(CP(=O)(O)O)c1ccc(N(CP(=O)(O)O)CP(=O)(O)O)s1. The van der Waals surface area contributed by atoms with Gasteiger partial charge in [-0.25, -0.2) is 0 Å². The molecule has 8 N–H and O–H groups in total. The molecule has 0 saturated heterocycles. The Morgan fingerprint density at radius 2 is 0.815 bits per heavy atom. The first kappa shape index (κ1) is 24.9. The van der Waals surface area contributed by atoms with Crippen molar-refractivity contribution in [1.82, 2.24) is 0 Å². The molecular formula is C8H18N2O12P4S. The van der Waals surface area contributed by atoms with Gasteiger partial charge >= 0.3 is 30.4 Å². The molecule has 1 aromatic heterocycles. The Kier molecular flexibility index (Phi) is 8.06. The molecule has 158 valence electrons. The first-order chi connectivity index (χ1) is 11.8. The van der Waals surface area contributed by atoms with Crippen LogP contribution in [-0.4, -0.2) is 64.3 Å². The van der Waals surface area contributed by atoms with Gasteiger partial charge in [-0.1, -0.05) is 0 Å². The van der Waals surface area contributed by atoms with Crippen LogP contribution in [0.4, 0.5) is 10.0 Å². The van der Waals surface area contributed by atoms with Gasteiger partial charge in [0.15, 0.2) is 0 Å². The summed E-state index contributed by atoms with van der Waals surface area (Å²) in [4.78, 5) is 73.9. The van der Waals surface area contributed by atoms with Gasteiger partial charge in [0.1, 0.15) is 25.1 Å². The van der Waals surface area contributed by atoms with Crippen LogP contribution in [0.15, 0.2) is 12.1 Å². The van der Waals surface area contributed by atoms with Crippen molar-refractivity contribution in [3.63, 3.8) is 0 Å². The third-order valence-corrected chi connectivity index (χ3v) is 6.67. The molecule has 1 rings (SSSR count). The van der Waals surface area contributed by atoms with E-state index in [0.29, 0.717) is 21.1 Å². The molecule has 0 spiro atoms. The van der Waals surface area contributed by atoms with Crippen molar-refractivity contribution < 1.29 is 57.4 Å². The molecule has 0 aliphatic carbocycles. The van der Waals surface area contributed by atoms with Crippen molar-refractivity contribution in [3.8, 4) is 0 Å². The lowest BCUT2D eigenvalue weighted by atomic mass is 10.5. The standard InChI is InChI=1S/C8H18N2O12P4S/c11-23(12,13)3-9(4-24(14,15)16)7-1-2-8(27-7)10(5-25(17,18)19)6-26(20,21)22/h1-2H,3-6H2,(H2,11,12,13)(H2,14,15,16)(H2,17,18,19)(H2,20,21,22). The van der Waals surface area contributed by atoms with E-state index in [1.807, 2.05) is 0 Å². The van der Waals surface area contributed by atoms with E-state index >= 15 is 0 Å². The van der Waals surface area contributed by atoms with Crippen molar-refractivity contribution in [2.45, 2.75) is 0 Å². The number of hydrogen-bond donors (Lipinski definition) is 8. The number of nitrogens with zero attached hydrogens (tertiary/aromatic N) is 2. The fourth-order valence-corrected chi connectivity index (χ4v) is 6.40. The largest absolute Gasteiger partial charge is 0.344 e. The van der Waals surface area contributed by atoms with Gasteiger partial charge in [0.25, 0.3) is 0 Å². The topological polar surface area (TPSA) is 237 Å². The molecule has 0 unspecified atom stereocenters. The second-order valence-electron chi connectivity index (χ2n) is 5.42. The third kappa shape index (κ3) is 10.9. The van der Waals surface area contributed by atoms with E-state index in [9.17, 15) is 18.3 Å². The van der Waals surface area contributed by atoms with Crippen molar-refractivity contribution in [2.75, 3.05) is 34.9 Å². The van der Waals surface area contributed by atoms with Crippen LogP contribution in [0.5, 0.6) is 0 Å². The summed E-state index contributed by atoms with van der Waals surface area (Å²) < 4.78 is 44.8. The highest BCUT2D eigenvalue weighted by Gasteiger charge is 2.30. The van der Waals surface area contributed by atoms with E-state index in [2.05, 4.69) is 0 Å². The summed E-state index contributed by atoms with van der Waals surface area (Å²) >= 11 is 0.590. The molecule has 1 heterocycles. The van der Waals surface area contributed by atoms with Crippen LogP contribution >= 0.6 is 41.7 Å². The van der Waals surface area contributed by atoms with E-state index in [1.54, 1.807) is 0 Å². The lowest BCUT2D eigenvalue weighted by Gasteiger charge is -2.25. The molecule has 27 heavy (non-hydrogen) atoms. The normalized spacial score (nSPS) is 13.6. The smallest absolute Gasteiger partial charge is 0.339 e. The Balaban J connectivity index is 3.23. The summed E-state index contributed by atoms with van der Waals surface area (Å²) in [5, 5.41) is -0.170. The molecule has 0 amide bonds. The summed E-state index contributed by atoms with van der Waals surface area (Å²) in [7, 11) is -18.9. The quantitative estimate of drug-likeness (QED) is 0.200. The monoisotopic (exact) mass is 490 g/mol. The third-order valence-electron chi connectivity index (χ3n) is 2.62. The molecule has 14 nitrogen and oxygen atoms in total. The molecule has 0 aromatic carbocycles. The van der Waals surface area contributed by atoms with E-state index in [1.165, 1.54) is 0 Å². The number of rotatable bonds is 10. The molecule has 0 fully saturated rings.